The standard InChI is InChI=1S/C17H23BrN6O/c1-3-15(25-14-6-4-13(18)5-7-14)12(2)23-8-10-24(11-9-23)17-20-16(19)21-22-17/h4-7,15H,2-3,8-11H2,1H3,(H3,19,20,21,22). The normalized spacial score (nSPS) is 15.9. The Hall–Kier alpha value is -2.22. The highest BCUT2D eigenvalue weighted by molar-refractivity contribution is 9.10. The summed E-state index contributed by atoms with van der Waals surface area (Å²) in [5.41, 5.74) is 6.61. The summed E-state index contributed by atoms with van der Waals surface area (Å²) in [5, 5.41) is 6.80. The maximum Gasteiger partial charge on any atom is 0.246 e. The van der Waals surface area contributed by atoms with Crippen molar-refractivity contribution in [3.63, 3.8) is 0 Å². The van der Waals surface area contributed by atoms with E-state index in [1.165, 1.54) is 0 Å². The van der Waals surface area contributed by atoms with Gasteiger partial charge in [-0.25, -0.2) is 5.10 Å². The van der Waals surface area contributed by atoms with Gasteiger partial charge in [-0.1, -0.05) is 29.4 Å². The number of halogens is 1. The first kappa shape index (κ1) is 17.6. The van der Waals surface area contributed by atoms with Crippen LogP contribution in [0.2, 0.25) is 0 Å². The van der Waals surface area contributed by atoms with E-state index in [9.17, 15) is 0 Å². The van der Waals surface area contributed by atoms with Gasteiger partial charge in [-0.2, -0.15) is 4.98 Å². The Morgan fingerprint density at radius 1 is 1.32 bits per heavy atom. The highest BCUT2D eigenvalue weighted by atomic mass is 79.9. The largest absolute Gasteiger partial charge is 0.484 e. The van der Waals surface area contributed by atoms with E-state index in [0.717, 1.165) is 48.5 Å². The third kappa shape index (κ3) is 4.25. The molecule has 0 spiro atoms. The predicted molar refractivity (Wildman–Crippen MR) is 103 cm³/mol. The van der Waals surface area contributed by atoms with Gasteiger partial charge in [-0.05, 0) is 30.7 Å². The van der Waals surface area contributed by atoms with Crippen LogP contribution in [0.15, 0.2) is 41.0 Å². The molecule has 2 aromatic rings. The quantitative estimate of drug-likeness (QED) is 0.766. The molecular weight excluding hydrogens is 384 g/mol. The number of nitrogens with zero attached hydrogens (tertiary/aromatic N) is 4. The van der Waals surface area contributed by atoms with Crippen molar-refractivity contribution in [3.8, 4) is 5.75 Å². The third-order valence-corrected chi connectivity index (χ3v) is 4.82. The smallest absolute Gasteiger partial charge is 0.246 e. The molecule has 7 nitrogen and oxygen atoms in total. The number of hydrogen-bond acceptors (Lipinski definition) is 6. The Morgan fingerprint density at radius 2 is 2.00 bits per heavy atom. The summed E-state index contributed by atoms with van der Waals surface area (Å²) < 4.78 is 7.16. The molecule has 134 valence electrons. The first-order valence-electron chi connectivity index (χ1n) is 8.35. The molecule has 0 saturated carbocycles. The molecule has 2 heterocycles. The fraction of sp³-hybridized carbons (Fsp3) is 0.412. The monoisotopic (exact) mass is 406 g/mol. The van der Waals surface area contributed by atoms with E-state index in [1.807, 2.05) is 24.3 Å². The summed E-state index contributed by atoms with van der Waals surface area (Å²) in [6, 6.07) is 7.88. The van der Waals surface area contributed by atoms with Crippen LogP contribution in [-0.2, 0) is 0 Å². The number of benzene rings is 1. The van der Waals surface area contributed by atoms with Crippen LogP contribution in [0.5, 0.6) is 5.75 Å². The molecule has 1 aromatic carbocycles. The van der Waals surface area contributed by atoms with E-state index in [-0.39, 0.29) is 6.10 Å². The van der Waals surface area contributed by atoms with Crippen LogP contribution >= 0.6 is 15.9 Å². The van der Waals surface area contributed by atoms with E-state index in [1.54, 1.807) is 0 Å². The lowest BCUT2D eigenvalue weighted by atomic mass is 10.1. The number of hydrogen-bond donors (Lipinski definition) is 2. The van der Waals surface area contributed by atoms with Gasteiger partial charge in [0.25, 0.3) is 0 Å². The van der Waals surface area contributed by atoms with Crippen molar-refractivity contribution in [2.75, 3.05) is 36.8 Å². The number of anilines is 2. The molecule has 0 aliphatic carbocycles. The van der Waals surface area contributed by atoms with Gasteiger partial charge in [-0.15, -0.1) is 5.10 Å². The van der Waals surface area contributed by atoms with Crippen molar-refractivity contribution in [3.05, 3.63) is 41.0 Å². The summed E-state index contributed by atoms with van der Waals surface area (Å²) in [6.45, 7) is 9.75. The third-order valence-electron chi connectivity index (χ3n) is 4.29. The number of nitrogens with one attached hydrogen (secondary N) is 1. The van der Waals surface area contributed by atoms with Crippen LogP contribution in [0.1, 0.15) is 13.3 Å². The zero-order valence-corrected chi connectivity index (χ0v) is 15.9. The molecule has 1 aromatic heterocycles. The Bertz CT molecular complexity index is 708. The van der Waals surface area contributed by atoms with Gasteiger partial charge in [0, 0.05) is 36.3 Å². The van der Waals surface area contributed by atoms with E-state index >= 15 is 0 Å². The molecule has 1 unspecified atom stereocenters. The van der Waals surface area contributed by atoms with Crippen LogP contribution in [0.25, 0.3) is 0 Å². The molecule has 0 radical (unpaired) electrons. The van der Waals surface area contributed by atoms with Gasteiger partial charge in [0.1, 0.15) is 11.9 Å². The number of aromatic amines is 1. The first-order chi connectivity index (χ1) is 12.1. The number of H-pyrrole nitrogens is 1. The molecule has 1 aliphatic rings. The second kappa shape index (κ2) is 7.77. The van der Waals surface area contributed by atoms with Crippen LogP contribution in [0.3, 0.4) is 0 Å². The zero-order chi connectivity index (χ0) is 17.8. The van der Waals surface area contributed by atoms with Crippen molar-refractivity contribution in [2.45, 2.75) is 19.4 Å². The maximum absolute atomic E-state index is 6.13. The van der Waals surface area contributed by atoms with Crippen molar-refractivity contribution in [2.24, 2.45) is 0 Å². The van der Waals surface area contributed by atoms with Gasteiger partial charge in [0.15, 0.2) is 0 Å². The fourth-order valence-corrected chi connectivity index (χ4v) is 3.13. The van der Waals surface area contributed by atoms with E-state index in [2.05, 4.69) is 54.4 Å². The number of rotatable bonds is 6. The second-order valence-electron chi connectivity index (χ2n) is 5.95. The summed E-state index contributed by atoms with van der Waals surface area (Å²) in [5.74, 6) is 1.85. The van der Waals surface area contributed by atoms with Crippen LogP contribution in [0, 0.1) is 0 Å². The average Bonchev–Trinajstić information content (AvgIpc) is 3.07. The molecule has 3 N–H and O–H groups in total. The summed E-state index contributed by atoms with van der Waals surface area (Å²) in [6.07, 6.45) is 0.832. The Morgan fingerprint density at radius 3 is 2.56 bits per heavy atom. The Balaban J connectivity index is 1.57. The van der Waals surface area contributed by atoms with E-state index in [4.69, 9.17) is 10.5 Å². The van der Waals surface area contributed by atoms with Crippen molar-refractivity contribution < 1.29 is 4.74 Å². The van der Waals surface area contributed by atoms with Gasteiger partial charge in [0.05, 0.1) is 0 Å². The minimum Gasteiger partial charge on any atom is -0.484 e. The lowest BCUT2D eigenvalue weighted by Gasteiger charge is -2.38. The molecular formula is C17H23BrN6O. The average molecular weight is 407 g/mol. The first-order valence-corrected chi connectivity index (χ1v) is 9.15. The van der Waals surface area contributed by atoms with Crippen LogP contribution in [-0.4, -0.2) is 52.4 Å². The number of piperazine rings is 1. The van der Waals surface area contributed by atoms with Crippen molar-refractivity contribution in [1.82, 2.24) is 20.1 Å². The van der Waals surface area contributed by atoms with E-state index < -0.39 is 0 Å². The number of nitrogens with two attached hydrogens (primary N) is 1. The number of nitrogen functional groups attached to an aromatic ring is 1. The molecule has 0 amide bonds. The van der Waals surface area contributed by atoms with Crippen molar-refractivity contribution in [1.29, 1.82) is 0 Å². The molecule has 25 heavy (non-hydrogen) atoms. The SMILES string of the molecule is C=C(C(CC)Oc1ccc(Br)cc1)N1CCN(c2n[nH]c(N)n2)CC1. The lowest BCUT2D eigenvalue weighted by Crippen LogP contribution is -2.48. The van der Waals surface area contributed by atoms with Gasteiger partial charge in [0.2, 0.25) is 11.9 Å². The highest BCUT2D eigenvalue weighted by Gasteiger charge is 2.24. The van der Waals surface area contributed by atoms with Crippen molar-refractivity contribution >= 4 is 27.8 Å². The molecule has 0 bridgehead atoms. The van der Waals surface area contributed by atoms with Gasteiger partial charge < -0.3 is 20.3 Å². The molecule has 3 rings (SSSR count). The van der Waals surface area contributed by atoms with Gasteiger partial charge in [-0.3, -0.25) is 0 Å². The minimum absolute atomic E-state index is 0.0353. The number of aromatic nitrogens is 3. The second-order valence-corrected chi connectivity index (χ2v) is 6.87. The number of ether oxygens (including phenoxy) is 1. The molecule has 1 atom stereocenters. The predicted octanol–water partition coefficient (Wildman–Crippen LogP) is 2.64. The highest BCUT2D eigenvalue weighted by Crippen LogP contribution is 2.23. The summed E-state index contributed by atoms with van der Waals surface area (Å²) in [4.78, 5) is 8.58. The van der Waals surface area contributed by atoms with E-state index in [0.29, 0.717) is 11.9 Å². The van der Waals surface area contributed by atoms with Crippen LogP contribution in [0.4, 0.5) is 11.9 Å². The maximum atomic E-state index is 6.13. The summed E-state index contributed by atoms with van der Waals surface area (Å²) >= 11 is 3.44. The molecule has 1 saturated heterocycles. The fourth-order valence-electron chi connectivity index (χ4n) is 2.87. The van der Waals surface area contributed by atoms with Crippen LogP contribution < -0.4 is 15.4 Å². The minimum atomic E-state index is -0.0353. The Labute approximate surface area is 156 Å². The molecule has 1 aliphatic heterocycles. The molecule has 1 fully saturated rings. The topological polar surface area (TPSA) is 83.3 Å². The lowest BCUT2D eigenvalue weighted by molar-refractivity contribution is 0.176. The molecule has 8 heteroatoms. The summed E-state index contributed by atoms with van der Waals surface area (Å²) in [7, 11) is 0. The Kier molecular flexibility index (Phi) is 5.47. The van der Waals surface area contributed by atoms with Gasteiger partial charge >= 0.3 is 0 Å². The zero-order valence-electron chi connectivity index (χ0n) is 14.3.